The Morgan fingerprint density at radius 1 is 1.41 bits per heavy atom. The van der Waals surface area contributed by atoms with Crippen molar-refractivity contribution in [3.63, 3.8) is 0 Å². The van der Waals surface area contributed by atoms with E-state index < -0.39 is 10.8 Å². The number of aryl methyl sites for hydroxylation is 1. The predicted octanol–water partition coefficient (Wildman–Crippen LogP) is 2.54. The highest BCUT2D eigenvalue weighted by molar-refractivity contribution is 7.85. The molecule has 0 saturated carbocycles. The maximum Gasteiger partial charge on any atom is 0.151 e. The molecular weight excluding hydrogens is 301 g/mol. The number of aromatic nitrogens is 2. The third-order valence-corrected chi connectivity index (χ3v) is 5.88. The minimum atomic E-state index is -0.642. The van der Waals surface area contributed by atoms with Crippen LogP contribution in [0.5, 0.6) is 0 Å². The molecule has 0 bridgehead atoms. The summed E-state index contributed by atoms with van der Waals surface area (Å²) in [5.74, 6) is 2.21. The highest BCUT2D eigenvalue weighted by Crippen LogP contribution is 2.22. The van der Waals surface area contributed by atoms with Gasteiger partial charge in [0, 0.05) is 34.9 Å². The van der Waals surface area contributed by atoms with Crippen molar-refractivity contribution < 1.29 is 8.60 Å². The van der Waals surface area contributed by atoms with Crippen LogP contribution >= 0.6 is 0 Å². The Bertz CT molecular complexity index is 690. The van der Waals surface area contributed by atoms with Gasteiger partial charge in [-0.1, -0.05) is 6.07 Å². The molecule has 1 aliphatic heterocycles. The first-order chi connectivity index (χ1) is 10.6. The summed E-state index contributed by atoms with van der Waals surface area (Å²) in [5.41, 5.74) is 1.31. The van der Waals surface area contributed by atoms with E-state index in [9.17, 15) is 8.60 Å². The van der Waals surface area contributed by atoms with Gasteiger partial charge in [0.1, 0.15) is 11.3 Å². The van der Waals surface area contributed by atoms with Gasteiger partial charge in [-0.2, -0.15) is 0 Å². The van der Waals surface area contributed by atoms with E-state index in [0.717, 1.165) is 42.2 Å². The van der Waals surface area contributed by atoms with Crippen LogP contribution in [0, 0.1) is 5.82 Å². The third kappa shape index (κ3) is 2.94. The summed E-state index contributed by atoms with van der Waals surface area (Å²) < 4.78 is 27.5. The molecule has 22 heavy (non-hydrogen) atoms. The lowest BCUT2D eigenvalue weighted by atomic mass is 10.1. The van der Waals surface area contributed by atoms with E-state index in [1.165, 1.54) is 6.07 Å². The molecule has 1 aromatic heterocycles. The van der Waals surface area contributed by atoms with Crippen LogP contribution in [0.4, 0.5) is 4.39 Å². The van der Waals surface area contributed by atoms with Crippen molar-refractivity contribution in [3.05, 3.63) is 29.8 Å². The van der Waals surface area contributed by atoms with Gasteiger partial charge in [-0.25, -0.2) is 9.37 Å². The fourth-order valence-electron chi connectivity index (χ4n) is 3.21. The lowest BCUT2D eigenvalue weighted by Gasteiger charge is -2.30. The van der Waals surface area contributed by atoms with E-state index in [1.807, 2.05) is 6.07 Å². The Balaban J connectivity index is 1.84. The maximum atomic E-state index is 13.9. The van der Waals surface area contributed by atoms with Crippen LogP contribution in [-0.2, 0) is 23.9 Å². The number of hydrogen-bond acceptors (Lipinski definition) is 3. The van der Waals surface area contributed by atoms with Crippen LogP contribution in [0.15, 0.2) is 18.2 Å². The number of para-hydroxylation sites is 1. The molecule has 0 N–H and O–H groups in total. The van der Waals surface area contributed by atoms with Gasteiger partial charge < -0.3 is 4.57 Å². The Kier molecular flexibility index (Phi) is 4.59. The van der Waals surface area contributed by atoms with Crippen molar-refractivity contribution in [1.82, 2.24) is 14.5 Å². The zero-order valence-electron chi connectivity index (χ0n) is 13.1. The molecule has 2 heterocycles. The van der Waals surface area contributed by atoms with Crippen molar-refractivity contribution in [3.8, 4) is 0 Å². The summed E-state index contributed by atoms with van der Waals surface area (Å²) in [4.78, 5) is 6.78. The van der Waals surface area contributed by atoms with Gasteiger partial charge in [0.2, 0.25) is 0 Å². The Hall–Kier alpha value is -1.27. The van der Waals surface area contributed by atoms with E-state index in [-0.39, 0.29) is 5.82 Å². The van der Waals surface area contributed by atoms with Crippen molar-refractivity contribution in [2.24, 2.45) is 0 Å². The zero-order valence-corrected chi connectivity index (χ0v) is 13.9. The van der Waals surface area contributed by atoms with Crippen molar-refractivity contribution in [1.29, 1.82) is 0 Å². The SMILES string of the molecule is CCn1c(CN(C)C2CCS(=O)CC2)nc2c(F)cccc21. The molecule has 0 amide bonds. The largest absolute Gasteiger partial charge is 0.327 e. The number of nitrogens with zero attached hydrogens (tertiary/aromatic N) is 3. The molecule has 0 unspecified atom stereocenters. The predicted molar refractivity (Wildman–Crippen MR) is 87.7 cm³/mol. The maximum absolute atomic E-state index is 13.9. The van der Waals surface area contributed by atoms with Gasteiger partial charge in [-0.05, 0) is 38.9 Å². The number of fused-ring (bicyclic) bond motifs is 1. The summed E-state index contributed by atoms with van der Waals surface area (Å²) in [6, 6.07) is 5.55. The number of benzene rings is 1. The molecule has 0 spiro atoms. The van der Waals surface area contributed by atoms with Crippen LogP contribution in [0.1, 0.15) is 25.6 Å². The molecule has 0 aliphatic carbocycles. The molecule has 1 saturated heterocycles. The molecular formula is C16H22FN3OS. The summed E-state index contributed by atoms with van der Waals surface area (Å²) in [5, 5.41) is 0. The van der Waals surface area contributed by atoms with E-state index in [1.54, 1.807) is 6.07 Å². The number of rotatable bonds is 4. The van der Waals surface area contributed by atoms with Gasteiger partial charge in [0.25, 0.3) is 0 Å². The van der Waals surface area contributed by atoms with Crippen molar-refractivity contribution in [2.45, 2.75) is 38.9 Å². The fraction of sp³-hybridized carbons (Fsp3) is 0.562. The zero-order chi connectivity index (χ0) is 15.7. The molecule has 0 radical (unpaired) electrons. The van der Waals surface area contributed by atoms with Crippen molar-refractivity contribution >= 4 is 21.8 Å². The van der Waals surface area contributed by atoms with E-state index in [4.69, 9.17) is 0 Å². The standard InChI is InChI=1S/C16H22FN3OS/c1-3-20-14-6-4-5-13(17)16(14)18-15(20)11-19(2)12-7-9-22(21)10-8-12/h4-6,12H,3,7-11H2,1-2H3. The summed E-state index contributed by atoms with van der Waals surface area (Å²) in [7, 11) is 1.44. The summed E-state index contributed by atoms with van der Waals surface area (Å²) >= 11 is 0. The average Bonchev–Trinajstić information content (AvgIpc) is 2.86. The molecule has 2 aromatic rings. The van der Waals surface area contributed by atoms with E-state index in [2.05, 4.69) is 28.4 Å². The summed E-state index contributed by atoms with van der Waals surface area (Å²) in [6.07, 6.45) is 1.92. The molecule has 4 nitrogen and oxygen atoms in total. The smallest absolute Gasteiger partial charge is 0.151 e. The first-order valence-electron chi connectivity index (χ1n) is 7.79. The first kappa shape index (κ1) is 15.6. The Morgan fingerprint density at radius 2 is 2.14 bits per heavy atom. The molecule has 1 aliphatic rings. The van der Waals surface area contributed by atoms with Crippen LogP contribution in [0.2, 0.25) is 0 Å². The molecule has 3 rings (SSSR count). The highest BCUT2D eigenvalue weighted by atomic mass is 32.2. The van der Waals surface area contributed by atoms with Gasteiger partial charge in [-0.15, -0.1) is 0 Å². The normalized spacial score (nSPS) is 22.5. The van der Waals surface area contributed by atoms with Crippen LogP contribution in [0.3, 0.4) is 0 Å². The topological polar surface area (TPSA) is 38.1 Å². The Labute approximate surface area is 132 Å². The van der Waals surface area contributed by atoms with Crippen LogP contribution < -0.4 is 0 Å². The molecule has 6 heteroatoms. The number of hydrogen-bond donors (Lipinski definition) is 0. The second kappa shape index (κ2) is 6.46. The van der Waals surface area contributed by atoms with E-state index in [0.29, 0.717) is 18.1 Å². The quantitative estimate of drug-likeness (QED) is 0.868. The van der Waals surface area contributed by atoms with Crippen LogP contribution in [-0.4, -0.2) is 43.3 Å². The molecule has 1 aromatic carbocycles. The fourth-order valence-corrected chi connectivity index (χ4v) is 4.48. The number of imidazole rings is 1. The van der Waals surface area contributed by atoms with Gasteiger partial charge in [-0.3, -0.25) is 9.11 Å². The van der Waals surface area contributed by atoms with Gasteiger partial charge in [0.05, 0.1) is 12.1 Å². The summed E-state index contributed by atoms with van der Waals surface area (Å²) in [6.45, 7) is 3.52. The molecule has 1 fully saturated rings. The minimum absolute atomic E-state index is 0.262. The lowest BCUT2D eigenvalue weighted by molar-refractivity contribution is 0.213. The second-order valence-electron chi connectivity index (χ2n) is 5.87. The third-order valence-electron chi connectivity index (χ3n) is 4.50. The highest BCUT2D eigenvalue weighted by Gasteiger charge is 2.23. The first-order valence-corrected chi connectivity index (χ1v) is 9.27. The number of halogens is 1. The lowest BCUT2D eigenvalue weighted by Crippen LogP contribution is -2.37. The second-order valence-corrected chi connectivity index (χ2v) is 7.57. The average molecular weight is 323 g/mol. The van der Waals surface area contributed by atoms with Gasteiger partial charge >= 0.3 is 0 Å². The minimum Gasteiger partial charge on any atom is -0.327 e. The van der Waals surface area contributed by atoms with E-state index >= 15 is 0 Å². The molecule has 120 valence electrons. The van der Waals surface area contributed by atoms with Gasteiger partial charge in [0.15, 0.2) is 5.82 Å². The monoisotopic (exact) mass is 323 g/mol. The van der Waals surface area contributed by atoms with Crippen molar-refractivity contribution in [2.75, 3.05) is 18.6 Å². The molecule has 0 atom stereocenters. The van der Waals surface area contributed by atoms with Crippen LogP contribution in [0.25, 0.3) is 11.0 Å². The Morgan fingerprint density at radius 3 is 2.82 bits per heavy atom.